The molecule has 228 valence electrons. The third-order valence-electron chi connectivity index (χ3n) is 5.88. The number of nitrogens with one attached hydrogen (secondary N) is 4. The zero-order valence-corrected chi connectivity index (χ0v) is 25.2. The van der Waals surface area contributed by atoms with Crippen molar-refractivity contribution in [1.82, 2.24) is 10.6 Å². The Morgan fingerprint density at radius 1 is 0.750 bits per heavy atom. The number of anilines is 4. The fraction of sp³-hybridized carbons (Fsp3) is 0.0968. The van der Waals surface area contributed by atoms with Crippen molar-refractivity contribution >= 4 is 57.5 Å². The molecule has 0 unspecified atom stereocenters. The van der Waals surface area contributed by atoms with Crippen LogP contribution in [0.3, 0.4) is 0 Å². The molecule has 44 heavy (non-hydrogen) atoms. The topological polar surface area (TPSA) is 144 Å². The van der Waals surface area contributed by atoms with Crippen molar-refractivity contribution < 1.29 is 23.1 Å². The van der Waals surface area contributed by atoms with E-state index in [0.717, 1.165) is 27.1 Å². The monoisotopic (exact) mass is 636 g/mol. The van der Waals surface area contributed by atoms with Gasteiger partial charge in [0.25, 0.3) is 0 Å². The summed E-state index contributed by atoms with van der Waals surface area (Å²) in [5.74, 6) is -0.385. The maximum atomic E-state index is 13.2. The molecule has 8 N–H and O–H groups in total. The van der Waals surface area contributed by atoms with Gasteiger partial charge >= 0.3 is 12.1 Å². The maximum Gasteiger partial charge on any atom is 0.319 e. The average Bonchev–Trinajstić information content (AvgIpc) is 3.72. The van der Waals surface area contributed by atoms with Crippen LogP contribution in [0.5, 0.6) is 11.5 Å². The van der Waals surface area contributed by atoms with Crippen molar-refractivity contribution in [1.29, 1.82) is 0 Å². The maximum absolute atomic E-state index is 13.2. The fourth-order valence-electron chi connectivity index (χ4n) is 3.63. The van der Waals surface area contributed by atoms with E-state index in [4.69, 9.17) is 16.2 Å². The highest BCUT2D eigenvalue weighted by Crippen LogP contribution is 2.28. The van der Waals surface area contributed by atoms with E-state index in [1.54, 1.807) is 29.5 Å². The number of benzene rings is 3. The number of aryl methyl sites for hydroxylation is 1. The third-order valence-corrected chi connectivity index (χ3v) is 7.63. The summed E-state index contributed by atoms with van der Waals surface area (Å²) < 4.78 is 32.0. The summed E-state index contributed by atoms with van der Waals surface area (Å²) in [4.78, 5) is 25.7. The zero-order valence-electron chi connectivity index (χ0n) is 23.5. The molecule has 0 spiro atoms. The largest absolute Gasteiger partial charge is 0.457 e. The van der Waals surface area contributed by atoms with Crippen molar-refractivity contribution in [3.8, 4) is 11.5 Å². The normalized spacial score (nSPS) is 10.2. The van der Waals surface area contributed by atoms with Crippen LogP contribution in [0.15, 0.2) is 89.6 Å². The summed E-state index contributed by atoms with van der Waals surface area (Å²) in [6, 6.07) is 21.3. The molecule has 0 fully saturated rings. The second-order valence-corrected chi connectivity index (χ2v) is 11.4. The third kappa shape index (κ3) is 9.71. The van der Waals surface area contributed by atoms with Crippen LogP contribution in [-0.2, 0) is 13.1 Å². The molecule has 9 nitrogen and oxygen atoms in total. The van der Waals surface area contributed by atoms with Crippen molar-refractivity contribution in [2.45, 2.75) is 20.0 Å². The molecule has 4 amide bonds. The summed E-state index contributed by atoms with van der Waals surface area (Å²) in [6.07, 6.45) is 0. The van der Waals surface area contributed by atoms with Crippen LogP contribution < -0.4 is 37.5 Å². The van der Waals surface area contributed by atoms with Crippen LogP contribution in [0.25, 0.3) is 0 Å². The number of rotatable bonds is 8. The number of thiophene rings is 2. The number of carbonyl (C=O) groups is 2. The van der Waals surface area contributed by atoms with Gasteiger partial charge in [0, 0.05) is 21.9 Å². The number of urea groups is 2. The first kappa shape index (κ1) is 31.8. The molecule has 5 rings (SSSR count). The van der Waals surface area contributed by atoms with Crippen LogP contribution in [0.2, 0.25) is 0 Å². The first-order chi connectivity index (χ1) is 21.2. The average molecular weight is 637 g/mol. The van der Waals surface area contributed by atoms with Crippen molar-refractivity contribution in [2.75, 3.05) is 22.1 Å². The van der Waals surface area contributed by atoms with E-state index in [9.17, 15) is 18.4 Å². The molecule has 0 radical (unpaired) electrons. The molecule has 3 aromatic carbocycles. The molecular weight excluding hydrogens is 607 g/mol. The Morgan fingerprint density at radius 3 is 1.89 bits per heavy atom. The van der Waals surface area contributed by atoms with Gasteiger partial charge < -0.3 is 37.5 Å². The van der Waals surface area contributed by atoms with Gasteiger partial charge in [0.2, 0.25) is 0 Å². The molecule has 0 aliphatic heterocycles. The zero-order chi connectivity index (χ0) is 31.5. The van der Waals surface area contributed by atoms with Crippen LogP contribution >= 0.6 is 22.7 Å². The van der Waals surface area contributed by atoms with E-state index in [1.165, 1.54) is 11.3 Å². The highest BCUT2D eigenvalue weighted by Gasteiger charge is 2.11. The Bertz CT molecular complexity index is 1680. The van der Waals surface area contributed by atoms with Gasteiger partial charge in [-0.1, -0.05) is 29.8 Å². The number of hydrogen-bond acceptors (Lipinski definition) is 7. The lowest BCUT2D eigenvalue weighted by molar-refractivity contribution is 0.251. The first-order valence-electron chi connectivity index (χ1n) is 13.2. The predicted molar refractivity (Wildman–Crippen MR) is 173 cm³/mol. The summed E-state index contributed by atoms with van der Waals surface area (Å²) >= 11 is 3.08. The van der Waals surface area contributed by atoms with Crippen LogP contribution in [0.1, 0.15) is 15.3 Å². The molecule has 2 heterocycles. The Balaban J connectivity index is 0.000000209. The van der Waals surface area contributed by atoms with Crippen LogP contribution in [-0.4, -0.2) is 12.1 Å². The van der Waals surface area contributed by atoms with Crippen molar-refractivity contribution in [3.63, 3.8) is 0 Å². The van der Waals surface area contributed by atoms with E-state index < -0.39 is 17.7 Å². The van der Waals surface area contributed by atoms with Gasteiger partial charge in [-0.15, -0.1) is 22.7 Å². The van der Waals surface area contributed by atoms with E-state index >= 15 is 0 Å². The van der Waals surface area contributed by atoms with Gasteiger partial charge in [0.05, 0.1) is 35.8 Å². The molecule has 0 bridgehead atoms. The number of amides is 4. The quantitative estimate of drug-likeness (QED) is 0.0969. The van der Waals surface area contributed by atoms with Gasteiger partial charge in [-0.2, -0.15) is 0 Å². The summed E-state index contributed by atoms with van der Waals surface area (Å²) in [7, 11) is 0. The standard InChI is InChI=1S/C19H19N3O2S.C12H11F2N3OS/c1-13-4-6-14(7-5-13)24-15-8-9-17(20)18(11-15)22-19(23)21-12-16-3-2-10-25-16;13-7-4-9(14)11(15)10(5-7)17-12(18)16-6-8-2-1-3-19-8/h2-11H,12,20H2,1H3,(H2,21,22,23);1-5H,6,15H2,(H2,16,17,18). The number of nitrogens with two attached hydrogens (primary N) is 2. The van der Waals surface area contributed by atoms with Gasteiger partial charge in [-0.25, -0.2) is 18.4 Å². The van der Waals surface area contributed by atoms with E-state index in [1.807, 2.05) is 66.2 Å². The number of nitrogen functional groups attached to an aromatic ring is 2. The Labute approximate surface area is 260 Å². The second kappa shape index (κ2) is 15.4. The smallest absolute Gasteiger partial charge is 0.319 e. The minimum atomic E-state index is -0.909. The SMILES string of the molecule is Cc1ccc(Oc2ccc(N)c(NC(=O)NCc3cccs3)c2)cc1.Nc1c(F)cc(F)cc1NC(=O)NCc1cccs1. The molecule has 0 aliphatic carbocycles. The summed E-state index contributed by atoms with van der Waals surface area (Å²) in [5, 5.41) is 14.3. The lowest BCUT2D eigenvalue weighted by Crippen LogP contribution is -2.28. The molecule has 0 saturated heterocycles. The lowest BCUT2D eigenvalue weighted by atomic mass is 10.2. The molecule has 2 aromatic heterocycles. The number of ether oxygens (including phenoxy) is 1. The minimum Gasteiger partial charge on any atom is -0.457 e. The molecule has 13 heteroatoms. The van der Waals surface area contributed by atoms with Crippen LogP contribution in [0, 0.1) is 18.6 Å². The molecule has 0 saturated carbocycles. The van der Waals surface area contributed by atoms with Gasteiger partial charge in [0.15, 0.2) is 5.82 Å². The second-order valence-electron chi connectivity index (χ2n) is 9.29. The number of halogens is 2. The molecule has 5 aromatic rings. The fourth-order valence-corrected chi connectivity index (χ4v) is 4.92. The number of hydrogen-bond donors (Lipinski definition) is 6. The summed E-state index contributed by atoms with van der Waals surface area (Å²) in [6.45, 7) is 2.83. The molecule has 0 aliphatic rings. The minimum absolute atomic E-state index is 0.0961. The summed E-state index contributed by atoms with van der Waals surface area (Å²) in [5.41, 5.74) is 13.1. The van der Waals surface area contributed by atoms with Crippen LogP contribution in [0.4, 0.5) is 41.1 Å². The van der Waals surface area contributed by atoms with Gasteiger partial charge in [0.1, 0.15) is 17.3 Å². The highest BCUT2D eigenvalue weighted by molar-refractivity contribution is 7.10. The Kier molecular flexibility index (Phi) is 11.1. The molecular formula is C31H30F2N6O3S2. The Hall–Kier alpha value is -5.14. The Morgan fingerprint density at radius 2 is 1.32 bits per heavy atom. The van der Waals surface area contributed by atoms with Gasteiger partial charge in [-0.05, 0) is 60.1 Å². The van der Waals surface area contributed by atoms with E-state index in [0.29, 0.717) is 36.3 Å². The van der Waals surface area contributed by atoms with E-state index in [2.05, 4.69) is 21.3 Å². The lowest BCUT2D eigenvalue weighted by Gasteiger charge is -2.12. The van der Waals surface area contributed by atoms with Gasteiger partial charge in [-0.3, -0.25) is 0 Å². The molecule has 0 atom stereocenters. The predicted octanol–water partition coefficient (Wildman–Crippen LogP) is 7.68. The van der Waals surface area contributed by atoms with Crippen molar-refractivity contribution in [3.05, 3.63) is 117 Å². The van der Waals surface area contributed by atoms with Crippen molar-refractivity contribution in [2.24, 2.45) is 0 Å². The van der Waals surface area contributed by atoms with E-state index in [-0.39, 0.29) is 17.4 Å². The highest BCUT2D eigenvalue weighted by atomic mass is 32.1. The first-order valence-corrected chi connectivity index (χ1v) is 14.9. The number of carbonyl (C=O) groups excluding carboxylic acids is 2.